The van der Waals surface area contributed by atoms with Gasteiger partial charge in [0.25, 0.3) is 0 Å². The molecule has 16 heteroatoms. The fraction of sp³-hybridized carbons (Fsp3) is 0.423. The van der Waals surface area contributed by atoms with Crippen molar-refractivity contribution >= 4 is 72.5 Å². The molecule has 3 amide bonds. The molecule has 0 bridgehead atoms. The van der Waals surface area contributed by atoms with E-state index in [1.165, 1.54) is 53.5 Å². The topological polar surface area (TPSA) is 162 Å². The molecule has 2 aromatic rings. The second kappa shape index (κ2) is 13.7. The van der Waals surface area contributed by atoms with Crippen LogP contribution < -0.4 is 14.8 Å². The Morgan fingerprint density at radius 2 is 1.76 bits per heavy atom. The Bertz CT molecular complexity index is 1560. The number of likely N-dealkylation sites (tertiary alicyclic amines) is 2. The van der Waals surface area contributed by atoms with Crippen LogP contribution in [0.4, 0.5) is 5.69 Å². The van der Waals surface area contributed by atoms with Crippen molar-refractivity contribution in [2.24, 2.45) is 0 Å². The van der Waals surface area contributed by atoms with Crippen molar-refractivity contribution in [2.45, 2.75) is 49.6 Å². The molecule has 1 aromatic heterocycles. The van der Waals surface area contributed by atoms with E-state index >= 15 is 0 Å². The molecule has 3 N–H and O–H groups in total. The van der Waals surface area contributed by atoms with Gasteiger partial charge in [-0.25, -0.2) is 21.6 Å². The molecule has 1 aromatic carbocycles. The zero-order valence-electron chi connectivity index (χ0n) is 22.8. The maximum absolute atomic E-state index is 13.2. The van der Waals surface area contributed by atoms with Crippen LogP contribution in [0.2, 0.25) is 4.34 Å². The van der Waals surface area contributed by atoms with Crippen LogP contribution in [0.5, 0.6) is 0 Å². The number of hydrogen-bond acceptors (Lipinski definition) is 8. The number of benzene rings is 1. The number of sulfonamides is 2. The lowest BCUT2D eigenvalue weighted by Gasteiger charge is -2.34. The van der Waals surface area contributed by atoms with Crippen molar-refractivity contribution in [3.8, 4) is 0 Å². The Kier molecular flexibility index (Phi) is 10.4. The van der Waals surface area contributed by atoms with Crippen molar-refractivity contribution < 1.29 is 31.2 Å². The van der Waals surface area contributed by atoms with Crippen LogP contribution >= 0.6 is 22.9 Å². The largest absolute Gasteiger partial charge is 0.337 e. The van der Waals surface area contributed by atoms with Gasteiger partial charge in [0.1, 0.15) is 6.04 Å². The second-order valence-electron chi connectivity index (χ2n) is 10.0. The van der Waals surface area contributed by atoms with Crippen LogP contribution in [0.3, 0.4) is 0 Å². The maximum atomic E-state index is 13.2. The van der Waals surface area contributed by atoms with Gasteiger partial charge in [-0.2, -0.15) is 4.72 Å². The minimum atomic E-state index is -3.92. The standard InChI is InChI=1S/C26H32ClN5O7S3/c1-18(33)29-19-6-9-22(10-7-19)42(38,39)28-16-20-4-2-14-32(20)25(34)17-31-13-3-5-23(26(31)35)30-41(36,37)15-12-21-8-11-24(27)40-21/h6-12,15,20,23,28,30H,2-5,13-14,16-17H2,1H3,(H,29,33)/b15-12+/t20-,23+/m1/s1. The smallest absolute Gasteiger partial charge is 0.242 e. The molecule has 228 valence electrons. The van der Waals surface area contributed by atoms with Gasteiger partial charge in [-0.15, -0.1) is 11.3 Å². The number of hydrogen-bond donors (Lipinski definition) is 3. The summed E-state index contributed by atoms with van der Waals surface area (Å²) in [6.45, 7) is 1.86. The first-order valence-corrected chi connectivity index (χ1v) is 17.5. The van der Waals surface area contributed by atoms with E-state index in [0.29, 0.717) is 53.7 Å². The summed E-state index contributed by atoms with van der Waals surface area (Å²) in [6.07, 6.45) is 3.49. The zero-order chi connectivity index (χ0) is 30.5. The Labute approximate surface area is 254 Å². The molecule has 0 saturated carbocycles. The van der Waals surface area contributed by atoms with Crippen LogP contribution in [-0.4, -0.2) is 82.6 Å². The number of nitrogens with one attached hydrogen (secondary N) is 3. The lowest BCUT2D eigenvalue weighted by atomic mass is 10.1. The highest BCUT2D eigenvalue weighted by Crippen LogP contribution is 2.23. The van der Waals surface area contributed by atoms with Gasteiger partial charge in [-0.1, -0.05) is 11.6 Å². The molecule has 2 saturated heterocycles. The molecule has 0 spiro atoms. The number of thiophene rings is 1. The average Bonchev–Trinajstić information content (AvgIpc) is 3.57. The van der Waals surface area contributed by atoms with Gasteiger partial charge in [0.05, 0.1) is 15.8 Å². The van der Waals surface area contributed by atoms with Crippen LogP contribution in [0.15, 0.2) is 46.7 Å². The molecule has 0 radical (unpaired) electrons. The number of rotatable bonds is 11. The summed E-state index contributed by atoms with van der Waals surface area (Å²) in [5, 5.41) is 3.56. The van der Waals surface area contributed by atoms with E-state index < -0.39 is 38.0 Å². The predicted octanol–water partition coefficient (Wildman–Crippen LogP) is 2.21. The maximum Gasteiger partial charge on any atom is 0.242 e. The quantitative estimate of drug-likeness (QED) is 0.334. The summed E-state index contributed by atoms with van der Waals surface area (Å²) in [5.74, 6) is -1.08. The molecule has 2 atom stereocenters. The third-order valence-electron chi connectivity index (χ3n) is 6.86. The summed E-state index contributed by atoms with van der Waals surface area (Å²) in [7, 11) is -7.79. The molecule has 2 fully saturated rings. The Balaban J connectivity index is 1.32. The average molecular weight is 658 g/mol. The van der Waals surface area contributed by atoms with Crippen molar-refractivity contribution in [3.05, 3.63) is 51.0 Å². The van der Waals surface area contributed by atoms with Gasteiger partial charge in [-0.05, 0) is 68.2 Å². The summed E-state index contributed by atoms with van der Waals surface area (Å²) in [4.78, 5) is 41.1. The van der Waals surface area contributed by atoms with Gasteiger partial charge in [0.15, 0.2) is 0 Å². The SMILES string of the molecule is CC(=O)Nc1ccc(S(=O)(=O)NC[C@H]2CCCN2C(=O)CN2CCC[C@H](NS(=O)(=O)/C=C/c3ccc(Cl)s3)C2=O)cc1. The summed E-state index contributed by atoms with van der Waals surface area (Å²) >= 11 is 7.10. The fourth-order valence-corrected chi connectivity index (χ4v) is 8.00. The number of carbonyl (C=O) groups is 3. The van der Waals surface area contributed by atoms with E-state index in [4.69, 9.17) is 11.6 Å². The lowest BCUT2D eigenvalue weighted by molar-refractivity contribution is -0.143. The van der Waals surface area contributed by atoms with E-state index in [-0.39, 0.29) is 29.8 Å². The summed E-state index contributed by atoms with van der Waals surface area (Å²) in [6, 6.07) is 7.68. The van der Waals surface area contributed by atoms with Crippen LogP contribution in [0, 0.1) is 0 Å². The van der Waals surface area contributed by atoms with Crippen molar-refractivity contribution in [1.82, 2.24) is 19.2 Å². The van der Waals surface area contributed by atoms with Gasteiger partial charge in [-0.3, -0.25) is 14.4 Å². The van der Waals surface area contributed by atoms with Gasteiger partial charge in [0, 0.05) is 48.6 Å². The van der Waals surface area contributed by atoms with Crippen molar-refractivity contribution in [3.63, 3.8) is 0 Å². The number of nitrogens with zero attached hydrogens (tertiary/aromatic N) is 2. The van der Waals surface area contributed by atoms with Crippen LogP contribution in [0.1, 0.15) is 37.5 Å². The van der Waals surface area contributed by atoms with Gasteiger partial charge >= 0.3 is 0 Å². The molecule has 4 rings (SSSR count). The highest BCUT2D eigenvalue weighted by molar-refractivity contribution is 7.92. The number of carbonyl (C=O) groups excluding carboxylic acids is 3. The van der Waals surface area contributed by atoms with Crippen LogP contribution in [0.25, 0.3) is 6.08 Å². The number of halogens is 1. The van der Waals surface area contributed by atoms with E-state index in [0.717, 1.165) is 5.41 Å². The van der Waals surface area contributed by atoms with Crippen molar-refractivity contribution in [1.29, 1.82) is 0 Å². The fourth-order valence-electron chi connectivity index (χ4n) is 4.86. The molecular weight excluding hydrogens is 626 g/mol. The molecule has 0 aliphatic carbocycles. The Morgan fingerprint density at radius 1 is 1.05 bits per heavy atom. The van der Waals surface area contributed by atoms with Gasteiger partial charge < -0.3 is 15.1 Å². The molecule has 0 unspecified atom stereocenters. The molecule has 3 heterocycles. The minimum Gasteiger partial charge on any atom is -0.337 e. The summed E-state index contributed by atoms with van der Waals surface area (Å²) < 4.78 is 56.3. The van der Waals surface area contributed by atoms with E-state index in [1.54, 1.807) is 17.0 Å². The lowest BCUT2D eigenvalue weighted by Crippen LogP contribution is -2.55. The Morgan fingerprint density at radius 3 is 2.43 bits per heavy atom. The minimum absolute atomic E-state index is 0.000319. The first-order chi connectivity index (χ1) is 19.8. The van der Waals surface area contributed by atoms with Crippen molar-refractivity contribution in [2.75, 3.05) is 31.5 Å². The first-order valence-electron chi connectivity index (χ1n) is 13.2. The highest BCUT2D eigenvalue weighted by atomic mass is 35.5. The zero-order valence-corrected chi connectivity index (χ0v) is 26.0. The number of piperidine rings is 1. The van der Waals surface area contributed by atoms with E-state index in [1.807, 2.05) is 0 Å². The molecule has 12 nitrogen and oxygen atoms in total. The number of anilines is 1. The van der Waals surface area contributed by atoms with E-state index in [2.05, 4.69) is 14.8 Å². The normalized spacial score (nSPS) is 19.9. The molecule has 42 heavy (non-hydrogen) atoms. The molecular formula is C26H32ClN5O7S3. The second-order valence-corrected chi connectivity index (χ2v) is 15.1. The molecule has 2 aliphatic heterocycles. The third-order valence-corrected chi connectivity index (χ3v) is 10.6. The molecule has 2 aliphatic rings. The predicted molar refractivity (Wildman–Crippen MR) is 161 cm³/mol. The number of amides is 3. The van der Waals surface area contributed by atoms with Gasteiger partial charge in [0.2, 0.25) is 37.8 Å². The van der Waals surface area contributed by atoms with E-state index in [9.17, 15) is 31.2 Å². The monoisotopic (exact) mass is 657 g/mol. The Hall–Kier alpha value is -2.82. The summed E-state index contributed by atoms with van der Waals surface area (Å²) in [5.41, 5.74) is 0.469. The first kappa shape index (κ1) is 32.1. The van der Waals surface area contributed by atoms with Crippen LogP contribution in [-0.2, 0) is 34.4 Å². The third kappa shape index (κ3) is 8.61. The highest BCUT2D eigenvalue weighted by Gasteiger charge is 2.35.